The van der Waals surface area contributed by atoms with E-state index in [-0.39, 0.29) is 0 Å². The molecular weight excluding hydrogens is 226 g/mol. The summed E-state index contributed by atoms with van der Waals surface area (Å²) >= 11 is 0. The molecule has 0 aromatic carbocycles. The second-order valence-electron chi connectivity index (χ2n) is 5.43. The van der Waals surface area contributed by atoms with Crippen LogP contribution in [0.15, 0.2) is 0 Å². The fraction of sp³-hybridized carbons (Fsp3) is 1.00. The third kappa shape index (κ3) is 4.01. The van der Waals surface area contributed by atoms with Crippen molar-refractivity contribution in [2.45, 2.75) is 32.7 Å². The van der Waals surface area contributed by atoms with E-state index in [1.165, 1.54) is 0 Å². The first kappa shape index (κ1) is 13.9. The van der Waals surface area contributed by atoms with Crippen molar-refractivity contribution in [3.8, 4) is 0 Å². The van der Waals surface area contributed by atoms with Gasteiger partial charge in [-0.2, -0.15) is 17.4 Å². The van der Waals surface area contributed by atoms with Gasteiger partial charge < -0.3 is 5.32 Å². The zero-order chi connectivity index (χ0) is 12.4. The molecule has 1 unspecified atom stereocenters. The van der Waals surface area contributed by atoms with Crippen molar-refractivity contribution in [3.63, 3.8) is 0 Å². The maximum atomic E-state index is 12.0. The van der Waals surface area contributed by atoms with Crippen LogP contribution in [-0.2, 0) is 10.2 Å². The lowest BCUT2D eigenvalue weighted by Crippen LogP contribution is -2.48. The Morgan fingerprint density at radius 3 is 2.50 bits per heavy atom. The van der Waals surface area contributed by atoms with Crippen LogP contribution in [0.25, 0.3) is 0 Å². The molecule has 0 saturated carbocycles. The van der Waals surface area contributed by atoms with Gasteiger partial charge in [-0.3, -0.25) is 0 Å². The number of rotatable bonds is 4. The molecule has 1 fully saturated rings. The zero-order valence-corrected chi connectivity index (χ0v) is 11.4. The van der Waals surface area contributed by atoms with E-state index in [1.807, 2.05) is 27.8 Å². The molecular formula is C10H23N3O2S. The van der Waals surface area contributed by atoms with E-state index in [1.54, 1.807) is 4.31 Å². The minimum atomic E-state index is -3.31. The van der Waals surface area contributed by atoms with Crippen molar-refractivity contribution in [1.29, 1.82) is 0 Å². The summed E-state index contributed by atoms with van der Waals surface area (Å²) in [7, 11) is -1.42. The summed E-state index contributed by atoms with van der Waals surface area (Å²) in [6, 6.07) is 0. The summed E-state index contributed by atoms with van der Waals surface area (Å²) in [6.07, 6.45) is 0.936. The summed E-state index contributed by atoms with van der Waals surface area (Å²) in [5.74, 6) is 0.432. The minimum absolute atomic E-state index is 0.417. The van der Waals surface area contributed by atoms with Gasteiger partial charge >= 0.3 is 0 Å². The van der Waals surface area contributed by atoms with Crippen molar-refractivity contribution in [2.75, 3.05) is 26.7 Å². The van der Waals surface area contributed by atoms with Crippen molar-refractivity contribution in [3.05, 3.63) is 0 Å². The van der Waals surface area contributed by atoms with Gasteiger partial charge in [-0.1, -0.05) is 0 Å². The molecule has 0 amide bonds. The smallest absolute Gasteiger partial charge is 0.279 e. The average molecular weight is 249 g/mol. The Kier molecular flexibility index (Phi) is 4.34. The van der Waals surface area contributed by atoms with E-state index in [4.69, 9.17) is 0 Å². The van der Waals surface area contributed by atoms with Crippen molar-refractivity contribution in [1.82, 2.24) is 14.3 Å². The molecule has 0 spiro atoms. The molecule has 0 radical (unpaired) electrons. The van der Waals surface area contributed by atoms with E-state index in [2.05, 4.69) is 10.0 Å². The Morgan fingerprint density at radius 2 is 2.00 bits per heavy atom. The first-order valence-corrected chi connectivity index (χ1v) is 7.12. The summed E-state index contributed by atoms with van der Waals surface area (Å²) in [6.45, 7) is 7.68. The van der Waals surface area contributed by atoms with Gasteiger partial charge in [-0.05, 0) is 46.7 Å². The van der Waals surface area contributed by atoms with Crippen LogP contribution in [0.5, 0.6) is 0 Å². The van der Waals surface area contributed by atoms with Crippen LogP contribution >= 0.6 is 0 Å². The minimum Gasteiger partial charge on any atom is -0.319 e. The highest BCUT2D eigenvalue weighted by Crippen LogP contribution is 2.19. The highest BCUT2D eigenvalue weighted by Gasteiger charge is 2.33. The van der Waals surface area contributed by atoms with Crippen LogP contribution in [0.3, 0.4) is 0 Å². The SMILES string of the molecule is CNCC1CCN(S(=O)(=O)NC(C)(C)C)C1. The molecule has 2 N–H and O–H groups in total. The Balaban J connectivity index is 2.59. The van der Waals surface area contributed by atoms with Crippen LogP contribution < -0.4 is 10.0 Å². The van der Waals surface area contributed by atoms with E-state index in [9.17, 15) is 8.42 Å². The quantitative estimate of drug-likeness (QED) is 0.746. The molecule has 1 rings (SSSR count). The van der Waals surface area contributed by atoms with E-state index in [0.717, 1.165) is 13.0 Å². The third-order valence-electron chi connectivity index (χ3n) is 2.52. The zero-order valence-electron chi connectivity index (χ0n) is 10.6. The molecule has 0 aliphatic carbocycles. The van der Waals surface area contributed by atoms with Gasteiger partial charge in [0.05, 0.1) is 0 Å². The lowest BCUT2D eigenvalue weighted by molar-refractivity contribution is 0.415. The highest BCUT2D eigenvalue weighted by atomic mass is 32.2. The molecule has 16 heavy (non-hydrogen) atoms. The molecule has 1 aliphatic rings. The second-order valence-corrected chi connectivity index (χ2v) is 7.10. The van der Waals surface area contributed by atoms with Gasteiger partial charge in [-0.25, -0.2) is 0 Å². The van der Waals surface area contributed by atoms with E-state index in [0.29, 0.717) is 19.0 Å². The molecule has 1 saturated heterocycles. The van der Waals surface area contributed by atoms with Crippen LogP contribution in [0.4, 0.5) is 0 Å². The lowest BCUT2D eigenvalue weighted by Gasteiger charge is -2.25. The second kappa shape index (κ2) is 5.00. The normalized spacial score (nSPS) is 23.9. The molecule has 6 heteroatoms. The predicted octanol–water partition coefficient (Wildman–Crippen LogP) is 0.161. The van der Waals surface area contributed by atoms with E-state index >= 15 is 0 Å². The summed E-state index contributed by atoms with van der Waals surface area (Å²) in [4.78, 5) is 0. The fourth-order valence-electron chi connectivity index (χ4n) is 1.92. The largest absolute Gasteiger partial charge is 0.319 e. The molecule has 0 aromatic rings. The van der Waals surface area contributed by atoms with Crippen LogP contribution in [0.1, 0.15) is 27.2 Å². The maximum absolute atomic E-state index is 12.0. The van der Waals surface area contributed by atoms with Gasteiger partial charge in [-0.15, -0.1) is 0 Å². The maximum Gasteiger partial charge on any atom is 0.279 e. The monoisotopic (exact) mass is 249 g/mol. The lowest BCUT2D eigenvalue weighted by atomic mass is 10.1. The molecule has 0 bridgehead atoms. The summed E-state index contributed by atoms with van der Waals surface area (Å²) in [5.41, 5.74) is -0.417. The fourth-order valence-corrected chi connectivity index (χ4v) is 3.58. The first-order chi connectivity index (χ1) is 7.24. The molecule has 1 heterocycles. The van der Waals surface area contributed by atoms with Crippen molar-refractivity contribution < 1.29 is 8.42 Å². The first-order valence-electron chi connectivity index (χ1n) is 5.68. The van der Waals surface area contributed by atoms with Gasteiger partial charge in [0, 0.05) is 18.6 Å². The Labute approximate surface area is 98.8 Å². The van der Waals surface area contributed by atoms with Gasteiger partial charge in [0.25, 0.3) is 10.2 Å². The standard InChI is InChI=1S/C10H23N3O2S/c1-10(2,3)12-16(14,15)13-6-5-9(8-13)7-11-4/h9,11-12H,5-8H2,1-4H3. The predicted molar refractivity (Wildman–Crippen MR) is 65.4 cm³/mol. The van der Waals surface area contributed by atoms with Gasteiger partial charge in [0.2, 0.25) is 0 Å². The highest BCUT2D eigenvalue weighted by molar-refractivity contribution is 7.87. The molecule has 0 aromatic heterocycles. The molecule has 5 nitrogen and oxygen atoms in total. The topological polar surface area (TPSA) is 61.4 Å². The van der Waals surface area contributed by atoms with Crippen LogP contribution in [-0.4, -0.2) is 44.9 Å². The summed E-state index contributed by atoms with van der Waals surface area (Å²) < 4.78 is 28.2. The third-order valence-corrected chi connectivity index (χ3v) is 4.40. The Hall–Kier alpha value is -0.170. The molecule has 1 atom stereocenters. The van der Waals surface area contributed by atoms with Gasteiger partial charge in [0.1, 0.15) is 0 Å². The van der Waals surface area contributed by atoms with Crippen LogP contribution in [0.2, 0.25) is 0 Å². The average Bonchev–Trinajstić information content (AvgIpc) is 2.49. The Bertz CT molecular complexity index is 321. The van der Waals surface area contributed by atoms with Crippen molar-refractivity contribution >= 4 is 10.2 Å². The molecule has 96 valence electrons. The number of nitrogens with one attached hydrogen (secondary N) is 2. The van der Waals surface area contributed by atoms with Crippen molar-refractivity contribution in [2.24, 2.45) is 5.92 Å². The molecule has 1 aliphatic heterocycles. The summed E-state index contributed by atoms with van der Waals surface area (Å²) in [5, 5.41) is 3.09. The number of hydrogen-bond donors (Lipinski definition) is 2. The number of hydrogen-bond acceptors (Lipinski definition) is 3. The van der Waals surface area contributed by atoms with E-state index < -0.39 is 15.7 Å². The Morgan fingerprint density at radius 1 is 1.38 bits per heavy atom. The van der Waals surface area contributed by atoms with Gasteiger partial charge in [0.15, 0.2) is 0 Å². The van der Waals surface area contributed by atoms with Crippen LogP contribution in [0, 0.1) is 5.92 Å². The number of nitrogens with zero attached hydrogens (tertiary/aromatic N) is 1.